The van der Waals surface area contributed by atoms with Gasteiger partial charge in [0, 0.05) is 21.4 Å². The van der Waals surface area contributed by atoms with Crippen molar-refractivity contribution in [1.82, 2.24) is 0 Å². The Balaban J connectivity index is 0.000000632. The third kappa shape index (κ3) is 35.1. The minimum absolute atomic E-state index is 0.133. The predicted molar refractivity (Wildman–Crippen MR) is 402 cm³/mol. The van der Waals surface area contributed by atoms with Crippen molar-refractivity contribution in [2.24, 2.45) is 0 Å². The van der Waals surface area contributed by atoms with Gasteiger partial charge in [0.1, 0.15) is 11.4 Å². The van der Waals surface area contributed by atoms with Crippen LogP contribution in [0, 0.1) is 50.5 Å². The van der Waals surface area contributed by atoms with E-state index in [0.29, 0.717) is 34.9 Å². The summed E-state index contributed by atoms with van der Waals surface area (Å²) in [5.74, 6) is -18.8. The second-order valence-electron chi connectivity index (χ2n) is 19.9. The van der Waals surface area contributed by atoms with Crippen molar-refractivity contribution in [1.29, 1.82) is 0 Å². The fourth-order valence-corrected chi connectivity index (χ4v) is 13.3. The Labute approximate surface area is 695 Å². The molecular weight excluding hydrogens is 2250 g/mol. The molecule has 9 aromatic carbocycles. The van der Waals surface area contributed by atoms with E-state index in [1.54, 1.807) is 36.4 Å². The molecule has 0 saturated carbocycles. The highest BCUT2D eigenvalue weighted by Crippen LogP contribution is 2.37. The summed E-state index contributed by atoms with van der Waals surface area (Å²) < 4.78 is 250. The molecule has 0 amide bonds. The topological polar surface area (TPSA) is 336 Å². The number of alkyl halides is 15. The Hall–Kier alpha value is -8.81. The van der Waals surface area contributed by atoms with Gasteiger partial charge in [-0.1, -0.05) is 24.3 Å². The molecule has 0 aliphatic carbocycles. The minimum Gasteiger partial charge on any atom is -0.478 e. The molecule has 44 heteroatoms. The number of aromatic carboxylic acids is 9. The summed E-state index contributed by atoms with van der Waals surface area (Å²) in [7, 11) is 0. The first-order valence-corrected chi connectivity index (χ1v) is 34.6. The summed E-state index contributed by atoms with van der Waals surface area (Å²) in [5, 5.41) is 76.1. The molecule has 0 radical (unpaired) electrons. The smallest absolute Gasteiger partial charge is 0.417 e. The van der Waals surface area contributed by atoms with E-state index in [4.69, 9.17) is 46.0 Å². The van der Waals surface area contributed by atoms with Crippen LogP contribution in [0.25, 0.3) is 0 Å². The quantitative estimate of drug-likeness (QED) is 0.0368. The summed E-state index contributed by atoms with van der Waals surface area (Å²) >= 11 is 12.5. The number of halogens is 26. The molecule has 18 nitrogen and oxygen atoms in total. The van der Waals surface area contributed by atoms with Crippen LogP contribution in [0.1, 0.15) is 121 Å². The Bertz CT molecular complexity index is 4790. The molecule has 0 unspecified atom stereocenters. The molecule has 0 aromatic heterocycles. The van der Waals surface area contributed by atoms with Crippen LogP contribution in [0.2, 0.25) is 0 Å². The van der Waals surface area contributed by atoms with Crippen LogP contribution in [0.5, 0.6) is 0 Å². The number of hydrogen-bond acceptors (Lipinski definition) is 9. The number of hydrogen-bond donors (Lipinski definition) is 9. The van der Waals surface area contributed by atoms with Crippen LogP contribution in [0.4, 0.5) is 87.8 Å². The zero-order chi connectivity index (χ0) is 86.6. The summed E-state index contributed by atoms with van der Waals surface area (Å²) in [6.45, 7) is 0. The van der Waals surface area contributed by atoms with E-state index in [1.165, 1.54) is 6.07 Å². The highest BCUT2D eigenvalue weighted by Gasteiger charge is 2.38. The van der Waals surface area contributed by atoms with Crippen LogP contribution in [0.3, 0.4) is 0 Å². The normalized spacial score (nSPS) is 10.7. The molecule has 0 atom stereocenters. The number of rotatable bonds is 9. The van der Waals surface area contributed by atoms with Crippen molar-refractivity contribution in [3.8, 4) is 0 Å². The molecule has 0 aliphatic heterocycles. The van der Waals surface area contributed by atoms with E-state index in [2.05, 4.69) is 67.8 Å². The molecule has 0 aliphatic rings. The molecule has 0 saturated heterocycles. The fourth-order valence-electron chi connectivity index (χ4n) is 7.02. The van der Waals surface area contributed by atoms with Crippen molar-refractivity contribution >= 4 is 189 Å². The summed E-state index contributed by atoms with van der Waals surface area (Å²) in [5.41, 5.74) is -9.35. The Kier molecular flexibility index (Phi) is 40.8. The maximum Gasteiger partial charge on any atom is 0.417 e. The maximum absolute atomic E-state index is 12.5. The van der Waals surface area contributed by atoms with Gasteiger partial charge in [0.15, 0.2) is 23.3 Å². The van der Waals surface area contributed by atoms with Gasteiger partial charge in [0.05, 0.1) is 72.3 Å². The first-order chi connectivity index (χ1) is 51.3. The monoisotopic (exact) mass is 2280 g/mol. The molecule has 9 aromatic rings. The average Bonchev–Trinajstić information content (AvgIpc) is 0.785. The Morgan fingerprint density at radius 2 is 0.607 bits per heavy atom. The van der Waals surface area contributed by atoms with Crippen molar-refractivity contribution in [3.05, 3.63) is 304 Å². The average molecular weight is 2280 g/mol. The number of benzene rings is 9. The highest BCUT2D eigenvalue weighted by molar-refractivity contribution is 14.1. The lowest BCUT2D eigenvalue weighted by Gasteiger charge is -2.12. The zero-order valence-corrected chi connectivity index (χ0v) is 66.7. The summed E-state index contributed by atoms with van der Waals surface area (Å²) in [6, 6.07) is 30.9. The van der Waals surface area contributed by atoms with Crippen LogP contribution in [0.15, 0.2) is 176 Å². The molecular formula is C68H38F20I6O18. The van der Waals surface area contributed by atoms with E-state index >= 15 is 0 Å². The van der Waals surface area contributed by atoms with Gasteiger partial charge in [-0.15, -0.1) is 0 Å². The van der Waals surface area contributed by atoms with Crippen LogP contribution in [-0.4, -0.2) is 99.7 Å². The molecule has 112 heavy (non-hydrogen) atoms. The fraction of sp³-hybridized carbons (Fsp3) is 0.0735. The summed E-state index contributed by atoms with van der Waals surface area (Å²) in [4.78, 5) is 93.3. The first-order valence-electron chi connectivity index (χ1n) is 28.1. The lowest BCUT2D eigenvalue weighted by Crippen LogP contribution is -2.13. The van der Waals surface area contributed by atoms with Crippen molar-refractivity contribution in [3.63, 3.8) is 0 Å². The van der Waals surface area contributed by atoms with Crippen molar-refractivity contribution in [2.45, 2.75) is 30.9 Å². The van der Waals surface area contributed by atoms with Crippen molar-refractivity contribution in [2.75, 3.05) is 0 Å². The largest absolute Gasteiger partial charge is 0.478 e. The molecule has 0 fully saturated rings. The Morgan fingerprint density at radius 3 is 0.973 bits per heavy atom. The van der Waals surface area contributed by atoms with Crippen LogP contribution >= 0.6 is 136 Å². The van der Waals surface area contributed by atoms with Crippen LogP contribution in [-0.2, 0) is 30.9 Å². The molecule has 0 bridgehead atoms. The lowest BCUT2D eigenvalue weighted by atomic mass is 10.0. The number of carboxylic acid groups (broad SMARTS) is 9. The second kappa shape index (κ2) is 45.2. The van der Waals surface area contributed by atoms with E-state index in [-0.39, 0.29) is 29.3 Å². The van der Waals surface area contributed by atoms with E-state index in [0.717, 1.165) is 100 Å². The van der Waals surface area contributed by atoms with Crippen LogP contribution < -0.4 is 0 Å². The van der Waals surface area contributed by atoms with Gasteiger partial charge in [-0.25, -0.2) is 65.1 Å². The third-order valence-corrected chi connectivity index (χ3v) is 16.7. The lowest BCUT2D eigenvalue weighted by molar-refractivity contribution is -0.143. The zero-order valence-electron chi connectivity index (χ0n) is 53.8. The maximum atomic E-state index is 12.5. The van der Waals surface area contributed by atoms with Gasteiger partial charge < -0.3 is 46.0 Å². The van der Waals surface area contributed by atoms with Gasteiger partial charge in [-0.3, -0.25) is 0 Å². The molecule has 0 heterocycles. The minimum atomic E-state index is -5.04. The SMILES string of the molecule is O=C(O)c1c(F)ccc(F)c1F.O=C(O)c1c(I)cc(I)cc1I.O=C(O)c1cc(C(F)(F)F)cc(C(F)(F)F)c1.O=C(O)c1ccc(C(F)(F)F)cc1.O=C(O)c1ccc(I)cc1.O=C(O)c1ccc(I)cc1I.O=C(O)c1cccc(C(F)(F)F)c1.O=C(O)c1cccc(F)c1F.O=C(O)c1ccccc1C(F)(F)F. The van der Waals surface area contributed by atoms with E-state index in [9.17, 15) is 131 Å². The van der Waals surface area contributed by atoms with Gasteiger partial charge in [0.25, 0.3) is 0 Å². The molecule has 600 valence electrons. The molecule has 0 spiro atoms. The van der Waals surface area contributed by atoms with Crippen molar-refractivity contribution < 1.29 is 177 Å². The van der Waals surface area contributed by atoms with Gasteiger partial charge in [-0.2, -0.15) is 65.9 Å². The Morgan fingerprint density at radius 1 is 0.241 bits per heavy atom. The first kappa shape index (κ1) is 101. The molecule has 9 N–H and O–H groups in total. The second-order valence-corrected chi connectivity index (χ2v) is 27.2. The van der Waals surface area contributed by atoms with Gasteiger partial charge in [0.2, 0.25) is 0 Å². The van der Waals surface area contributed by atoms with Gasteiger partial charge in [-0.05, 0) is 287 Å². The predicted octanol–water partition coefficient (Wildman–Crippen LogP) is 21.9. The highest BCUT2D eigenvalue weighted by atomic mass is 127. The number of carbonyl (C=O) groups is 9. The molecule has 9 rings (SSSR count). The van der Waals surface area contributed by atoms with E-state index in [1.807, 2.05) is 86.0 Å². The van der Waals surface area contributed by atoms with Gasteiger partial charge >= 0.3 is 84.6 Å². The standard InChI is InChI=1S/C9H4F6O2.3C8H5F3O2.C7H3F3O2.C7H4F2O2.C7H3I3O2.C7H4I2O2.C7H5IO2/c10-8(11,12)5-1-4(7(16)17)2-6(3-5)9(13,14)15;9-8(10,11)6-3-1-5(2-4-6)7(12)13;9-8(10,11)6-3-1-2-5(4-6)7(12)13;9-8(10,11)6-4-2-1-3-5(6)7(12)13;8-3-1-2-4(9)6(10)5(3)7(11)12;8-5-3-1-2-4(6(5)9)7(10)11;8-3-1-4(9)6(7(11)12)5(10)2-3;8-4-1-2-5(7(10)11)6(9)3-4;8-6-3-1-5(2-4-6)7(9)10/h1-3H,(H,16,17);3*1-4H,(H,12,13);1-2H,(H,11,12);1-3H,(H,10,11);1-2H,(H,11,12);1-3H,(H,10,11);1-4H,(H,9,10). The number of carboxylic acids is 9. The summed E-state index contributed by atoms with van der Waals surface area (Å²) in [6.07, 6.45) is -23.6. The third-order valence-electron chi connectivity index (χ3n) is 12.1. The van der Waals surface area contributed by atoms with E-state index < -0.39 is 164 Å².